The number of hydrogen-bond donors (Lipinski definition) is 1. The van der Waals surface area contributed by atoms with Gasteiger partial charge in [0.25, 0.3) is 0 Å². The number of fused-ring (bicyclic) bond motifs is 1. The number of aromatic nitrogens is 2. The van der Waals surface area contributed by atoms with Crippen molar-refractivity contribution >= 4 is 22.6 Å². The SMILES string of the molecule is C=CC1CC(=O)N(c2ccc3nc[nH]c3c2)C1. The van der Waals surface area contributed by atoms with Crippen LogP contribution in [0.5, 0.6) is 0 Å². The van der Waals surface area contributed by atoms with Crippen molar-refractivity contribution in [3.63, 3.8) is 0 Å². The smallest absolute Gasteiger partial charge is 0.227 e. The number of nitrogens with one attached hydrogen (secondary N) is 1. The van der Waals surface area contributed by atoms with Crippen LogP contribution in [0.25, 0.3) is 11.0 Å². The third kappa shape index (κ3) is 1.62. The fourth-order valence-electron chi connectivity index (χ4n) is 2.23. The van der Waals surface area contributed by atoms with Crippen molar-refractivity contribution in [1.29, 1.82) is 0 Å². The number of anilines is 1. The minimum absolute atomic E-state index is 0.161. The molecule has 2 aromatic rings. The van der Waals surface area contributed by atoms with Crippen LogP contribution in [-0.2, 0) is 4.79 Å². The maximum atomic E-state index is 11.9. The van der Waals surface area contributed by atoms with Gasteiger partial charge in [0.1, 0.15) is 0 Å². The topological polar surface area (TPSA) is 49.0 Å². The van der Waals surface area contributed by atoms with Crippen LogP contribution in [-0.4, -0.2) is 22.4 Å². The summed E-state index contributed by atoms with van der Waals surface area (Å²) in [4.78, 5) is 20.9. The molecule has 1 aromatic carbocycles. The summed E-state index contributed by atoms with van der Waals surface area (Å²) in [7, 11) is 0. The second kappa shape index (κ2) is 3.73. The number of amides is 1. The van der Waals surface area contributed by atoms with Crippen LogP contribution >= 0.6 is 0 Å². The van der Waals surface area contributed by atoms with Gasteiger partial charge in [-0.25, -0.2) is 4.98 Å². The van der Waals surface area contributed by atoms with Crippen LogP contribution in [0.3, 0.4) is 0 Å². The van der Waals surface area contributed by atoms with Crippen molar-refractivity contribution in [3.8, 4) is 0 Å². The summed E-state index contributed by atoms with van der Waals surface area (Å²) in [5, 5.41) is 0. The second-order valence-electron chi connectivity index (χ2n) is 4.31. The number of carbonyl (C=O) groups excluding carboxylic acids is 1. The van der Waals surface area contributed by atoms with Crippen molar-refractivity contribution in [2.75, 3.05) is 11.4 Å². The van der Waals surface area contributed by atoms with Crippen molar-refractivity contribution in [2.45, 2.75) is 6.42 Å². The van der Waals surface area contributed by atoms with E-state index >= 15 is 0 Å². The fraction of sp³-hybridized carbons (Fsp3) is 0.231. The van der Waals surface area contributed by atoms with Gasteiger partial charge in [0.15, 0.2) is 0 Å². The predicted molar refractivity (Wildman–Crippen MR) is 66.8 cm³/mol. The Hall–Kier alpha value is -2.10. The molecular formula is C13H13N3O. The molecule has 1 unspecified atom stereocenters. The number of rotatable bonds is 2. The molecular weight excluding hydrogens is 214 g/mol. The summed E-state index contributed by atoms with van der Waals surface area (Å²) in [6.45, 7) is 4.48. The number of benzene rings is 1. The fourth-order valence-corrected chi connectivity index (χ4v) is 2.23. The molecule has 4 heteroatoms. The maximum absolute atomic E-state index is 11.9. The zero-order valence-corrected chi connectivity index (χ0v) is 9.39. The third-order valence-electron chi connectivity index (χ3n) is 3.20. The molecule has 86 valence electrons. The number of imidazole rings is 1. The van der Waals surface area contributed by atoms with Gasteiger partial charge >= 0.3 is 0 Å². The molecule has 1 aromatic heterocycles. The van der Waals surface area contributed by atoms with Gasteiger partial charge in [0.05, 0.1) is 17.4 Å². The first-order chi connectivity index (χ1) is 8.28. The van der Waals surface area contributed by atoms with Gasteiger partial charge in [-0.15, -0.1) is 6.58 Å². The highest BCUT2D eigenvalue weighted by Gasteiger charge is 2.28. The molecule has 1 aliphatic rings. The van der Waals surface area contributed by atoms with Gasteiger partial charge in [0, 0.05) is 24.6 Å². The third-order valence-corrected chi connectivity index (χ3v) is 3.20. The van der Waals surface area contributed by atoms with Crippen molar-refractivity contribution in [1.82, 2.24) is 9.97 Å². The molecule has 4 nitrogen and oxygen atoms in total. The van der Waals surface area contributed by atoms with Gasteiger partial charge < -0.3 is 9.88 Å². The molecule has 0 bridgehead atoms. The van der Waals surface area contributed by atoms with E-state index in [1.165, 1.54) is 0 Å². The van der Waals surface area contributed by atoms with E-state index in [9.17, 15) is 4.79 Å². The summed E-state index contributed by atoms with van der Waals surface area (Å²) in [6.07, 6.45) is 4.07. The normalized spacial score (nSPS) is 20.1. The maximum Gasteiger partial charge on any atom is 0.227 e. The number of H-pyrrole nitrogens is 1. The van der Waals surface area contributed by atoms with Crippen LogP contribution in [0.15, 0.2) is 37.2 Å². The standard InChI is InChI=1S/C13H13N3O/c1-2-9-5-13(17)16(7-9)10-3-4-11-12(6-10)15-8-14-11/h2-4,6,8-9H,1,5,7H2,(H,14,15). The Balaban J connectivity index is 1.98. The van der Waals surface area contributed by atoms with Gasteiger partial charge in [-0.3, -0.25) is 4.79 Å². The highest BCUT2D eigenvalue weighted by atomic mass is 16.2. The quantitative estimate of drug-likeness (QED) is 0.799. The Morgan fingerprint density at radius 3 is 3.18 bits per heavy atom. The molecule has 1 saturated heterocycles. The Labute approximate surface area is 99.0 Å². The van der Waals surface area contributed by atoms with E-state index in [1.54, 1.807) is 6.33 Å². The zero-order chi connectivity index (χ0) is 11.8. The van der Waals surface area contributed by atoms with E-state index in [4.69, 9.17) is 0 Å². The Morgan fingerprint density at radius 1 is 1.53 bits per heavy atom. The predicted octanol–water partition coefficient (Wildman–Crippen LogP) is 2.10. The Kier molecular flexibility index (Phi) is 2.21. The highest BCUT2D eigenvalue weighted by molar-refractivity contribution is 5.97. The lowest BCUT2D eigenvalue weighted by Gasteiger charge is -2.16. The Bertz CT molecular complexity index is 587. The largest absolute Gasteiger partial charge is 0.345 e. The average Bonchev–Trinajstić information content (AvgIpc) is 2.93. The summed E-state index contributed by atoms with van der Waals surface area (Å²) < 4.78 is 0. The minimum Gasteiger partial charge on any atom is -0.345 e. The second-order valence-corrected chi connectivity index (χ2v) is 4.31. The monoisotopic (exact) mass is 227 g/mol. The van der Waals surface area contributed by atoms with Crippen molar-refractivity contribution in [3.05, 3.63) is 37.2 Å². The lowest BCUT2D eigenvalue weighted by molar-refractivity contribution is -0.117. The van der Waals surface area contributed by atoms with E-state index in [2.05, 4.69) is 16.5 Å². The molecule has 0 radical (unpaired) electrons. The lowest BCUT2D eigenvalue weighted by Crippen LogP contribution is -2.24. The molecule has 3 rings (SSSR count). The van der Waals surface area contributed by atoms with Gasteiger partial charge in [0.2, 0.25) is 5.91 Å². The molecule has 0 aliphatic carbocycles. The van der Waals surface area contributed by atoms with Crippen LogP contribution in [0.1, 0.15) is 6.42 Å². The summed E-state index contributed by atoms with van der Waals surface area (Å²) in [5.41, 5.74) is 2.80. The summed E-state index contributed by atoms with van der Waals surface area (Å²) in [6, 6.07) is 5.83. The molecule has 1 aliphatic heterocycles. The first kappa shape index (κ1) is 10.1. The molecule has 1 N–H and O–H groups in total. The van der Waals surface area contributed by atoms with Gasteiger partial charge in [-0.05, 0) is 18.2 Å². The molecule has 1 amide bonds. The summed E-state index contributed by atoms with van der Waals surface area (Å²) in [5.74, 6) is 0.425. The summed E-state index contributed by atoms with van der Waals surface area (Å²) >= 11 is 0. The van der Waals surface area contributed by atoms with Crippen LogP contribution < -0.4 is 4.90 Å². The van der Waals surface area contributed by atoms with E-state index in [-0.39, 0.29) is 11.8 Å². The number of aromatic amines is 1. The molecule has 17 heavy (non-hydrogen) atoms. The van der Waals surface area contributed by atoms with Crippen LogP contribution in [0, 0.1) is 5.92 Å². The van der Waals surface area contributed by atoms with E-state index in [0.29, 0.717) is 6.42 Å². The van der Waals surface area contributed by atoms with E-state index in [0.717, 1.165) is 23.3 Å². The van der Waals surface area contributed by atoms with Crippen molar-refractivity contribution in [2.24, 2.45) is 5.92 Å². The molecule has 1 fully saturated rings. The van der Waals surface area contributed by atoms with Crippen LogP contribution in [0.2, 0.25) is 0 Å². The minimum atomic E-state index is 0.161. The molecule has 0 spiro atoms. The van der Waals surface area contributed by atoms with E-state index < -0.39 is 0 Å². The van der Waals surface area contributed by atoms with E-state index in [1.807, 2.05) is 29.2 Å². The average molecular weight is 227 g/mol. The van der Waals surface area contributed by atoms with Gasteiger partial charge in [-0.2, -0.15) is 0 Å². The van der Waals surface area contributed by atoms with Crippen molar-refractivity contribution < 1.29 is 4.79 Å². The first-order valence-corrected chi connectivity index (χ1v) is 5.64. The van der Waals surface area contributed by atoms with Crippen LogP contribution in [0.4, 0.5) is 5.69 Å². The number of nitrogens with zero attached hydrogens (tertiary/aromatic N) is 2. The lowest BCUT2D eigenvalue weighted by atomic mass is 10.1. The van der Waals surface area contributed by atoms with Gasteiger partial charge in [-0.1, -0.05) is 6.08 Å². The first-order valence-electron chi connectivity index (χ1n) is 5.64. The number of carbonyl (C=O) groups is 1. The highest BCUT2D eigenvalue weighted by Crippen LogP contribution is 2.27. The zero-order valence-electron chi connectivity index (χ0n) is 9.39. The molecule has 2 heterocycles. The Morgan fingerprint density at radius 2 is 2.41 bits per heavy atom. The molecule has 1 atom stereocenters. The number of hydrogen-bond acceptors (Lipinski definition) is 2. The molecule has 0 saturated carbocycles.